The summed E-state index contributed by atoms with van der Waals surface area (Å²) in [5, 5.41) is 19.2. The van der Waals surface area contributed by atoms with E-state index in [9.17, 15) is 29.1 Å². The number of oxazole rings is 1. The number of nitrogens with one attached hydrogen (secondary N) is 2. The van der Waals surface area contributed by atoms with E-state index in [-0.39, 0.29) is 55.7 Å². The molecule has 2 aromatic rings. The molecule has 48 heavy (non-hydrogen) atoms. The monoisotopic (exact) mass is 667 g/mol. The highest BCUT2D eigenvalue weighted by Gasteiger charge is 2.39. The summed E-state index contributed by atoms with van der Waals surface area (Å²) in [5.41, 5.74) is 0.619. The third kappa shape index (κ3) is 10.2. The van der Waals surface area contributed by atoms with Crippen LogP contribution in [0.25, 0.3) is 0 Å². The van der Waals surface area contributed by atoms with Gasteiger partial charge >= 0.3 is 12.1 Å². The van der Waals surface area contributed by atoms with Crippen LogP contribution in [-0.2, 0) is 30.3 Å². The van der Waals surface area contributed by atoms with Crippen LogP contribution in [0.4, 0.5) is 10.6 Å². The van der Waals surface area contributed by atoms with Gasteiger partial charge in [0.25, 0.3) is 5.91 Å². The lowest BCUT2D eigenvalue weighted by Crippen LogP contribution is -2.44. The van der Waals surface area contributed by atoms with Gasteiger partial charge in [0.05, 0.1) is 19.1 Å². The van der Waals surface area contributed by atoms with Crippen molar-refractivity contribution in [2.45, 2.75) is 71.6 Å². The summed E-state index contributed by atoms with van der Waals surface area (Å²) in [6, 6.07) is 0.599. The largest absolute Gasteiger partial charge is 0.460 e. The number of aliphatic hydroxyl groups is 1. The van der Waals surface area contributed by atoms with E-state index in [2.05, 4.69) is 20.8 Å². The van der Waals surface area contributed by atoms with Crippen molar-refractivity contribution in [3.05, 3.63) is 65.6 Å². The maximum absolute atomic E-state index is 13.6. The summed E-state index contributed by atoms with van der Waals surface area (Å²) < 4.78 is 21.7. The molecule has 0 spiro atoms. The van der Waals surface area contributed by atoms with Crippen molar-refractivity contribution in [2.75, 3.05) is 25.0 Å². The molecule has 15 heteroatoms. The number of hydrogen-bond donors (Lipinski definition) is 3. The Morgan fingerprint density at radius 1 is 1.23 bits per heavy atom. The molecule has 0 aliphatic carbocycles. The van der Waals surface area contributed by atoms with Crippen molar-refractivity contribution in [3.8, 4) is 0 Å². The highest BCUT2D eigenvalue weighted by atomic mass is 16.6. The summed E-state index contributed by atoms with van der Waals surface area (Å²) in [7, 11) is 0. The van der Waals surface area contributed by atoms with Crippen molar-refractivity contribution < 1.29 is 47.5 Å². The van der Waals surface area contributed by atoms with Gasteiger partial charge in [0.2, 0.25) is 11.8 Å². The van der Waals surface area contributed by atoms with Crippen LogP contribution in [0.2, 0.25) is 0 Å². The number of carbonyl (C=O) groups excluding carboxylic acids is 5. The third-order valence-corrected chi connectivity index (χ3v) is 7.79. The van der Waals surface area contributed by atoms with Crippen LogP contribution in [0.5, 0.6) is 0 Å². The summed E-state index contributed by atoms with van der Waals surface area (Å²) in [4.78, 5) is 70.1. The quantitative estimate of drug-likeness (QED) is 0.403. The minimum atomic E-state index is -1.05. The molecule has 0 radical (unpaired) electrons. The second-order valence-electron chi connectivity index (χ2n) is 12.0. The molecule has 0 unspecified atom stereocenters. The molecule has 2 aliphatic rings. The Labute approximate surface area is 277 Å². The summed E-state index contributed by atoms with van der Waals surface area (Å²) in [5.74, 6) is -2.31. The molecule has 15 nitrogen and oxygen atoms in total. The highest BCUT2D eigenvalue weighted by Crippen LogP contribution is 2.26. The molecule has 2 aliphatic heterocycles. The Balaban J connectivity index is 1.54. The number of ether oxygens (including phenoxy) is 2. The number of hydrogen-bond acceptors (Lipinski definition) is 12. The number of aromatic nitrogens is 2. The number of cyclic esters (lactones) is 1. The van der Waals surface area contributed by atoms with Crippen molar-refractivity contribution in [1.29, 1.82) is 0 Å². The van der Waals surface area contributed by atoms with E-state index in [1.165, 1.54) is 23.1 Å². The predicted octanol–water partition coefficient (Wildman–Crippen LogP) is 3.06. The molecule has 0 saturated carbocycles. The maximum Gasteiger partial charge on any atom is 0.412 e. The Morgan fingerprint density at radius 3 is 2.77 bits per heavy atom. The number of Topliss-reactive ketones (excluding diaryl/α,β-unsaturated/α-hetero) is 1. The molecule has 0 aromatic carbocycles. The first kappa shape index (κ1) is 35.8. The van der Waals surface area contributed by atoms with Gasteiger partial charge in [-0.15, -0.1) is 0 Å². The lowest BCUT2D eigenvalue weighted by molar-refractivity contribution is -0.159. The molecule has 1 saturated heterocycles. The number of allylic oxidation sites excluding steroid dienone is 2. The molecular weight excluding hydrogens is 626 g/mol. The molecule has 3 amide bonds. The number of nitrogens with zero attached hydrogens (tertiary/aromatic N) is 3. The van der Waals surface area contributed by atoms with Crippen molar-refractivity contribution >= 4 is 35.5 Å². The summed E-state index contributed by atoms with van der Waals surface area (Å²) in [6.45, 7) is 7.23. The lowest BCUT2D eigenvalue weighted by atomic mass is 9.93. The van der Waals surface area contributed by atoms with E-state index < -0.39 is 54.0 Å². The SMILES string of the molecule is CC1=C[C@@H](O)CC(=O)Cc2nc(co2)C(=O)N2CCC[C@@H]2C(=O)O[C@H]([C@@H](C)COC(=O)Nc2cc(C)on2)[C@H](C)/C=C/C(=O)NCC=C1. The number of carbonyl (C=O) groups is 5. The van der Waals surface area contributed by atoms with Crippen molar-refractivity contribution in [2.24, 2.45) is 11.8 Å². The number of rotatable bonds is 4. The van der Waals surface area contributed by atoms with Gasteiger partial charge in [0.15, 0.2) is 11.5 Å². The zero-order chi connectivity index (χ0) is 34.8. The number of ketones is 1. The van der Waals surface area contributed by atoms with Crippen LogP contribution >= 0.6 is 0 Å². The van der Waals surface area contributed by atoms with Crippen LogP contribution < -0.4 is 10.6 Å². The molecule has 258 valence electrons. The lowest BCUT2D eigenvalue weighted by Gasteiger charge is -2.30. The van der Waals surface area contributed by atoms with Crippen LogP contribution in [0.1, 0.15) is 62.2 Å². The fourth-order valence-corrected chi connectivity index (χ4v) is 5.42. The van der Waals surface area contributed by atoms with E-state index in [1.54, 1.807) is 45.9 Å². The van der Waals surface area contributed by atoms with Crippen LogP contribution in [0.3, 0.4) is 0 Å². The minimum absolute atomic E-state index is 0.0147. The number of esters is 1. The van der Waals surface area contributed by atoms with Crippen LogP contribution in [0, 0.1) is 18.8 Å². The second kappa shape index (κ2) is 16.7. The Kier molecular flexibility index (Phi) is 12.4. The van der Waals surface area contributed by atoms with Crippen LogP contribution in [0.15, 0.2) is 57.2 Å². The molecular formula is C33H41N5O10. The number of aliphatic hydroxyl groups excluding tert-OH is 1. The van der Waals surface area contributed by atoms with Gasteiger partial charge in [-0.3, -0.25) is 19.7 Å². The highest BCUT2D eigenvalue weighted by molar-refractivity contribution is 5.95. The third-order valence-electron chi connectivity index (χ3n) is 7.79. The molecule has 2 bridgehead atoms. The van der Waals surface area contributed by atoms with Gasteiger partial charge in [0.1, 0.15) is 30.0 Å². The van der Waals surface area contributed by atoms with E-state index in [4.69, 9.17) is 18.4 Å². The first-order valence-electron chi connectivity index (χ1n) is 15.7. The van der Waals surface area contributed by atoms with Crippen molar-refractivity contribution in [3.63, 3.8) is 0 Å². The topological polar surface area (TPSA) is 203 Å². The molecule has 4 heterocycles. The van der Waals surface area contributed by atoms with Gasteiger partial charge in [-0.25, -0.2) is 14.6 Å². The molecule has 2 aromatic heterocycles. The van der Waals surface area contributed by atoms with Gasteiger partial charge in [-0.2, -0.15) is 0 Å². The minimum Gasteiger partial charge on any atom is -0.460 e. The van der Waals surface area contributed by atoms with E-state index in [1.807, 2.05) is 0 Å². The second-order valence-corrected chi connectivity index (χ2v) is 12.0. The number of amides is 3. The van der Waals surface area contributed by atoms with Gasteiger partial charge in [-0.05, 0) is 32.8 Å². The van der Waals surface area contributed by atoms with Gasteiger partial charge in [-0.1, -0.05) is 48.9 Å². The average molecular weight is 668 g/mol. The Morgan fingerprint density at radius 2 is 2.02 bits per heavy atom. The average Bonchev–Trinajstić information content (AvgIpc) is 3.80. The Hall–Kier alpha value is -5.05. The standard InChI is InChI=1S/C33H41N5O10/c1-19-7-5-11-34-28(41)10-9-20(2)30(21(3)17-46-33(44)36-27-14-22(4)48-37-27)47-32(43)26-8-6-12-38(26)31(42)25-18-45-29(35-25)16-24(40)15-23(39)13-19/h5,7,9-10,13-14,18,20-21,23,26,30,39H,6,8,11-12,15-17H2,1-4H3,(H,34,41)(H,36,37,44)/b7-5?,10-9+,19-13?/t20-,21+,23-,26-,30+/m1/s1. The fraction of sp³-hybridized carbons (Fsp3) is 0.485. The first-order valence-corrected chi connectivity index (χ1v) is 15.7. The van der Waals surface area contributed by atoms with Gasteiger partial charge in [0, 0.05) is 37.4 Å². The Bertz CT molecular complexity index is 1570. The summed E-state index contributed by atoms with van der Waals surface area (Å²) >= 11 is 0. The molecule has 5 atom stereocenters. The maximum atomic E-state index is 13.6. The molecule has 1 fully saturated rings. The number of aryl methyl sites for hydroxylation is 1. The zero-order valence-electron chi connectivity index (χ0n) is 27.3. The van der Waals surface area contributed by atoms with E-state index in [0.29, 0.717) is 24.2 Å². The van der Waals surface area contributed by atoms with Crippen LogP contribution in [-0.4, -0.2) is 87.8 Å². The van der Waals surface area contributed by atoms with Gasteiger partial charge < -0.3 is 33.7 Å². The van der Waals surface area contributed by atoms with E-state index in [0.717, 1.165) is 6.26 Å². The predicted molar refractivity (Wildman–Crippen MR) is 169 cm³/mol. The normalized spacial score (nSPS) is 24.6. The molecule has 4 rings (SSSR count). The van der Waals surface area contributed by atoms with E-state index >= 15 is 0 Å². The number of fused-ring (bicyclic) bond motifs is 3. The fourth-order valence-electron chi connectivity index (χ4n) is 5.42. The molecule has 3 N–H and O–H groups in total. The summed E-state index contributed by atoms with van der Waals surface area (Å²) in [6.07, 6.45) is 6.74. The van der Waals surface area contributed by atoms with Crippen molar-refractivity contribution in [1.82, 2.24) is 20.4 Å². The first-order chi connectivity index (χ1) is 22.9. The number of anilines is 1. The zero-order valence-corrected chi connectivity index (χ0v) is 27.3. The smallest absolute Gasteiger partial charge is 0.412 e.